The molecule has 9 heteroatoms. The lowest BCUT2D eigenvalue weighted by Crippen LogP contribution is -2.51. The van der Waals surface area contributed by atoms with Crippen molar-refractivity contribution < 1.29 is 19.0 Å². The molecule has 3 saturated heterocycles. The van der Waals surface area contributed by atoms with Crippen molar-refractivity contribution in [3.8, 4) is 0 Å². The minimum Gasteiger partial charge on any atom is -0.441 e. The van der Waals surface area contributed by atoms with E-state index in [2.05, 4.69) is 37.8 Å². The van der Waals surface area contributed by atoms with Gasteiger partial charge in [-0.15, -0.1) is 0 Å². The average molecular weight is 438 g/mol. The second-order valence-corrected chi connectivity index (χ2v) is 8.78. The van der Waals surface area contributed by atoms with Gasteiger partial charge in [0.15, 0.2) is 6.10 Å². The van der Waals surface area contributed by atoms with E-state index >= 15 is 0 Å². The van der Waals surface area contributed by atoms with Crippen LogP contribution < -0.4 is 4.90 Å². The minimum atomic E-state index is -0.233. The Morgan fingerprint density at radius 1 is 1.09 bits per heavy atom. The molecule has 168 valence electrons. The number of pyridine rings is 1. The molecule has 0 spiro atoms. The van der Waals surface area contributed by atoms with E-state index in [1.54, 1.807) is 4.90 Å². The molecule has 4 aliphatic rings. The molecule has 0 radical (unpaired) electrons. The summed E-state index contributed by atoms with van der Waals surface area (Å²) in [5.74, 6) is 0. The molecule has 2 aromatic heterocycles. The molecule has 6 rings (SSSR count). The standard InChI is InChI=1S/C23H27N5O4/c29-23(32-18-13-31-14-18)27-6-4-26(5-7-27)22-1-3-24-20-10-16(9-19(20)22)21-11-28(15-25-21)17-2-8-30-12-17/h1,3,9,11,15,17-18H,2,4-8,10,12-14H2/t17-/m1/s1. The maximum Gasteiger partial charge on any atom is 0.410 e. The first-order valence-electron chi connectivity index (χ1n) is 11.3. The highest BCUT2D eigenvalue weighted by molar-refractivity contribution is 5.91. The van der Waals surface area contributed by atoms with Gasteiger partial charge in [0.2, 0.25) is 0 Å². The number of piperazine rings is 1. The molecule has 2 aromatic rings. The Labute approximate surface area is 186 Å². The van der Waals surface area contributed by atoms with Crippen molar-refractivity contribution in [3.63, 3.8) is 0 Å². The van der Waals surface area contributed by atoms with E-state index in [4.69, 9.17) is 14.2 Å². The fourth-order valence-corrected chi connectivity index (χ4v) is 4.74. The molecular formula is C23H27N5O4. The van der Waals surface area contributed by atoms with Gasteiger partial charge in [0, 0.05) is 62.9 Å². The van der Waals surface area contributed by atoms with Gasteiger partial charge >= 0.3 is 6.09 Å². The normalized spacial score (nSPS) is 23.1. The predicted molar refractivity (Wildman–Crippen MR) is 117 cm³/mol. The number of carbonyl (C=O) groups excluding carboxylic acids is 1. The monoisotopic (exact) mass is 437 g/mol. The van der Waals surface area contributed by atoms with Crippen molar-refractivity contribution in [3.05, 3.63) is 41.7 Å². The van der Waals surface area contributed by atoms with Crippen LogP contribution in [0.15, 0.2) is 24.8 Å². The molecular weight excluding hydrogens is 410 g/mol. The molecule has 0 saturated carbocycles. The number of allylic oxidation sites excluding steroid dienone is 1. The Bertz CT molecular complexity index is 1030. The van der Waals surface area contributed by atoms with Gasteiger partial charge in [-0.25, -0.2) is 9.78 Å². The maximum absolute atomic E-state index is 12.3. The topological polar surface area (TPSA) is 82.0 Å². The van der Waals surface area contributed by atoms with Crippen molar-refractivity contribution in [2.24, 2.45) is 0 Å². The largest absolute Gasteiger partial charge is 0.441 e. The molecule has 0 aromatic carbocycles. The number of imidazole rings is 1. The highest BCUT2D eigenvalue weighted by atomic mass is 16.6. The van der Waals surface area contributed by atoms with E-state index in [-0.39, 0.29) is 12.2 Å². The number of rotatable bonds is 4. The molecule has 0 unspecified atom stereocenters. The highest BCUT2D eigenvalue weighted by Crippen LogP contribution is 2.36. The van der Waals surface area contributed by atoms with E-state index in [9.17, 15) is 4.79 Å². The average Bonchev–Trinajstić information content (AvgIpc) is 3.55. The van der Waals surface area contributed by atoms with Crippen molar-refractivity contribution in [1.82, 2.24) is 19.4 Å². The number of anilines is 1. The lowest BCUT2D eigenvalue weighted by molar-refractivity contribution is -0.104. The number of hydrogen-bond donors (Lipinski definition) is 0. The minimum absolute atomic E-state index is 0.0859. The third kappa shape index (κ3) is 3.65. The molecule has 32 heavy (non-hydrogen) atoms. The van der Waals surface area contributed by atoms with Crippen molar-refractivity contribution in [2.75, 3.05) is 57.5 Å². The lowest BCUT2D eigenvalue weighted by atomic mass is 10.1. The van der Waals surface area contributed by atoms with Gasteiger partial charge in [-0.3, -0.25) is 4.98 Å². The van der Waals surface area contributed by atoms with Gasteiger partial charge in [0.05, 0.1) is 43.6 Å². The third-order valence-corrected chi connectivity index (χ3v) is 6.74. The van der Waals surface area contributed by atoms with Crippen LogP contribution in [0.1, 0.15) is 29.4 Å². The smallest absolute Gasteiger partial charge is 0.410 e. The first-order valence-corrected chi connectivity index (χ1v) is 11.3. The number of amides is 1. The van der Waals surface area contributed by atoms with Crippen molar-refractivity contribution in [1.29, 1.82) is 0 Å². The Kier molecular flexibility index (Phi) is 5.07. The lowest BCUT2D eigenvalue weighted by Gasteiger charge is -2.37. The van der Waals surface area contributed by atoms with Crippen LogP contribution in [0.3, 0.4) is 0 Å². The van der Waals surface area contributed by atoms with E-state index in [1.807, 2.05) is 12.5 Å². The molecule has 1 aliphatic carbocycles. The summed E-state index contributed by atoms with van der Waals surface area (Å²) >= 11 is 0. The van der Waals surface area contributed by atoms with Crippen LogP contribution in [-0.2, 0) is 20.6 Å². The SMILES string of the molecule is O=C(OC1COC1)N1CCN(c2ccnc3c2C=C(c2cn([C@@H]4CCOC4)cn2)C3)CC1. The summed E-state index contributed by atoms with van der Waals surface area (Å²) in [4.78, 5) is 25.7. The summed E-state index contributed by atoms with van der Waals surface area (Å²) in [5.41, 5.74) is 5.64. The van der Waals surface area contributed by atoms with E-state index in [0.29, 0.717) is 32.3 Å². The Morgan fingerprint density at radius 3 is 2.72 bits per heavy atom. The number of nitrogens with zero attached hydrogens (tertiary/aromatic N) is 5. The summed E-state index contributed by atoms with van der Waals surface area (Å²) in [6, 6.07) is 2.46. The predicted octanol–water partition coefficient (Wildman–Crippen LogP) is 1.99. The molecule has 0 N–H and O–H groups in total. The van der Waals surface area contributed by atoms with Crippen LogP contribution in [0.2, 0.25) is 0 Å². The van der Waals surface area contributed by atoms with Gasteiger partial charge in [-0.1, -0.05) is 0 Å². The third-order valence-electron chi connectivity index (χ3n) is 6.74. The van der Waals surface area contributed by atoms with Crippen molar-refractivity contribution >= 4 is 23.4 Å². The zero-order valence-corrected chi connectivity index (χ0v) is 18.0. The number of carbonyl (C=O) groups is 1. The second-order valence-electron chi connectivity index (χ2n) is 8.78. The van der Waals surface area contributed by atoms with Gasteiger partial charge in [-0.2, -0.15) is 0 Å². The summed E-state index contributed by atoms with van der Waals surface area (Å²) < 4.78 is 18.2. The second kappa shape index (κ2) is 8.22. The summed E-state index contributed by atoms with van der Waals surface area (Å²) in [7, 11) is 0. The zero-order valence-electron chi connectivity index (χ0n) is 18.0. The number of ether oxygens (including phenoxy) is 3. The molecule has 3 aliphatic heterocycles. The molecule has 9 nitrogen and oxygen atoms in total. The van der Waals surface area contributed by atoms with Crippen LogP contribution >= 0.6 is 0 Å². The fourth-order valence-electron chi connectivity index (χ4n) is 4.74. The van der Waals surface area contributed by atoms with Gasteiger partial charge in [0.25, 0.3) is 0 Å². The molecule has 1 amide bonds. The quantitative estimate of drug-likeness (QED) is 0.724. The Hall–Kier alpha value is -2.91. The highest BCUT2D eigenvalue weighted by Gasteiger charge is 2.30. The molecule has 5 heterocycles. The number of hydrogen-bond acceptors (Lipinski definition) is 7. The van der Waals surface area contributed by atoms with Gasteiger partial charge in [0.1, 0.15) is 0 Å². The fraction of sp³-hybridized carbons (Fsp3) is 0.522. The van der Waals surface area contributed by atoms with E-state index in [1.165, 1.54) is 16.8 Å². The summed E-state index contributed by atoms with van der Waals surface area (Å²) in [6.07, 6.45) is 9.67. The van der Waals surface area contributed by atoms with Crippen LogP contribution in [0, 0.1) is 0 Å². The molecule has 3 fully saturated rings. The summed E-state index contributed by atoms with van der Waals surface area (Å²) in [6.45, 7) is 5.43. The van der Waals surface area contributed by atoms with E-state index in [0.717, 1.165) is 50.5 Å². The van der Waals surface area contributed by atoms with Gasteiger partial charge in [-0.05, 0) is 24.1 Å². The summed E-state index contributed by atoms with van der Waals surface area (Å²) in [5, 5.41) is 0. The van der Waals surface area contributed by atoms with Crippen molar-refractivity contribution in [2.45, 2.75) is 25.0 Å². The first kappa shape index (κ1) is 19.8. The van der Waals surface area contributed by atoms with Crippen LogP contribution in [0.25, 0.3) is 11.6 Å². The molecule has 0 bridgehead atoms. The van der Waals surface area contributed by atoms with E-state index < -0.39 is 0 Å². The molecule has 1 atom stereocenters. The Morgan fingerprint density at radius 2 is 1.97 bits per heavy atom. The first-order chi connectivity index (χ1) is 15.7. The Balaban J connectivity index is 1.15. The maximum atomic E-state index is 12.3. The number of aromatic nitrogens is 3. The van der Waals surface area contributed by atoms with Crippen LogP contribution in [-0.4, -0.2) is 84.2 Å². The number of fused-ring (bicyclic) bond motifs is 1. The van der Waals surface area contributed by atoms with Crippen LogP contribution in [0.5, 0.6) is 0 Å². The zero-order chi connectivity index (χ0) is 21.5. The van der Waals surface area contributed by atoms with Gasteiger partial charge < -0.3 is 28.6 Å². The van der Waals surface area contributed by atoms with Crippen LogP contribution in [0.4, 0.5) is 10.5 Å².